The number of nitro groups is 3. The lowest BCUT2D eigenvalue weighted by Crippen LogP contribution is -2.12. The van der Waals surface area contributed by atoms with Gasteiger partial charge >= 0.3 is 11.4 Å². The molecule has 0 amide bonds. The molecule has 0 radical (unpaired) electrons. The Balaban J connectivity index is 2.48. The van der Waals surface area contributed by atoms with Crippen molar-refractivity contribution in [1.29, 1.82) is 0 Å². The first-order valence-electron chi connectivity index (χ1n) is 6.08. The molecule has 0 atom stereocenters. The van der Waals surface area contributed by atoms with Gasteiger partial charge in [0.25, 0.3) is 5.69 Å². The maximum atomic E-state index is 11.1. The van der Waals surface area contributed by atoms with Gasteiger partial charge in [-0.15, -0.1) is 0 Å². The van der Waals surface area contributed by atoms with Gasteiger partial charge in [-0.05, 0) is 12.1 Å². The summed E-state index contributed by atoms with van der Waals surface area (Å²) in [6.45, 7) is 0. The first-order chi connectivity index (χ1) is 10.9. The molecule has 0 aliphatic heterocycles. The summed E-state index contributed by atoms with van der Waals surface area (Å²) in [6.07, 6.45) is 0. The average molecular weight is 319 g/mol. The van der Waals surface area contributed by atoms with Gasteiger partial charge in [-0.25, -0.2) is 0 Å². The van der Waals surface area contributed by atoms with Crippen molar-refractivity contribution >= 4 is 28.4 Å². The highest BCUT2D eigenvalue weighted by atomic mass is 16.6. The van der Waals surface area contributed by atoms with Crippen molar-refractivity contribution in [3.63, 3.8) is 0 Å². The molecule has 0 fully saturated rings. The van der Waals surface area contributed by atoms with Gasteiger partial charge in [0.1, 0.15) is 0 Å². The molecule has 2 aromatic rings. The smallest absolute Gasteiger partial charge is 0.301 e. The number of benzene rings is 2. The lowest BCUT2D eigenvalue weighted by atomic mass is 10.2. The summed E-state index contributed by atoms with van der Waals surface area (Å²) in [5, 5.41) is 32.9. The Morgan fingerprint density at radius 3 is 1.70 bits per heavy atom. The van der Waals surface area contributed by atoms with Crippen LogP contribution in [-0.2, 0) is 0 Å². The van der Waals surface area contributed by atoms with Gasteiger partial charge in [-0.3, -0.25) is 35.8 Å². The summed E-state index contributed by atoms with van der Waals surface area (Å²) >= 11 is 0. The number of anilines is 2. The van der Waals surface area contributed by atoms with E-state index in [0.717, 1.165) is 0 Å². The fourth-order valence-corrected chi connectivity index (χ4v) is 1.77. The second kappa shape index (κ2) is 6.34. The zero-order chi connectivity index (χ0) is 17.0. The van der Waals surface area contributed by atoms with E-state index >= 15 is 0 Å². The van der Waals surface area contributed by atoms with E-state index in [1.807, 2.05) is 0 Å². The first kappa shape index (κ1) is 15.6. The number of nitrogens with one attached hydrogen (secondary N) is 2. The topological polar surface area (TPSA) is 153 Å². The molecule has 0 aliphatic carbocycles. The number of hydrazine groups is 1. The number of para-hydroxylation sites is 1. The van der Waals surface area contributed by atoms with Crippen LogP contribution in [0.15, 0.2) is 42.5 Å². The fourth-order valence-electron chi connectivity index (χ4n) is 1.77. The molecule has 0 bridgehead atoms. The largest absolute Gasteiger partial charge is 0.308 e. The third-order valence-corrected chi connectivity index (χ3v) is 2.79. The van der Waals surface area contributed by atoms with Gasteiger partial charge in [0.2, 0.25) is 5.69 Å². The van der Waals surface area contributed by atoms with Crippen molar-refractivity contribution < 1.29 is 14.8 Å². The van der Waals surface area contributed by atoms with E-state index in [9.17, 15) is 30.3 Å². The highest BCUT2D eigenvalue weighted by Crippen LogP contribution is 2.38. The molecule has 23 heavy (non-hydrogen) atoms. The van der Waals surface area contributed by atoms with Crippen molar-refractivity contribution in [3.8, 4) is 0 Å². The van der Waals surface area contributed by atoms with Gasteiger partial charge in [-0.2, -0.15) is 0 Å². The van der Waals surface area contributed by atoms with Crippen molar-refractivity contribution in [2.24, 2.45) is 0 Å². The van der Waals surface area contributed by atoms with Crippen molar-refractivity contribution in [2.75, 3.05) is 10.9 Å². The zero-order valence-corrected chi connectivity index (χ0v) is 11.3. The molecule has 2 rings (SSSR count). The normalized spacial score (nSPS) is 9.91. The predicted octanol–water partition coefficient (Wildman–Crippen LogP) is 2.85. The van der Waals surface area contributed by atoms with Crippen molar-refractivity contribution in [3.05, 3.63) is 72.8 Å². The molecule has 0 unspecified atom stereocenters. The second-order valence-electron chi connectivity index (χ2n) is 4.25. The highest BCUT2D eigenvalue weighted by Gasteiger charge is 2.30. The molecule has 0 spiro atoms. The predicted molar refractivity (Wildman–Crippen MR) is 80.1 cm³/mol. The summed E-state index contributed by atoms with van der Waals surface area (Å²) in [7, 11) is 0. The highest BCUT2D eigenvalue weighted by molar-refractivity contribution is 5.78. The van der Waals surface area contributed by atoms with Gasteiger partial charge in [-0.1, -0.05) is 18.2 Å². The standard InChI is InChI=1S/C12H9N5O6/c18-15(19)9-6-10(16(20)21)12(11(7-9)17(22)23)14-13-8-4-2-1-3-5-8/h1-7,13-14H. The van der Waals surface area contributed by atoms with Gasteiger partial charge in [0.15, 0.2) is 0 Å². The Labute approximate surface area is 128 Å². The third kappa shape index (κ3) is 3.47. The minimum absolute atomic E-state index is 0.477. The van der Waals surface area contributed by atoms with E-state index in [1.54, 1.807) is 30.3 Å². The van der Waals surface area contributed by atoms with E-state index in [1.165, 1.54) is 0 Å². The molecule has 0 aliphatic rings. The quantitative estimate of drug-likeness (QED) is 0.608. The number of non-ortho nitro benzene ring substituents is 1. The number of hydrogen-bond acceptors (Lipinski definition) is 8. The Hall–Kier alpha value is -3.76. The number of rotatable bonds is 6. The van der Waals surface area contributed by atoms with Crippen LogP contribution in [0.25, 0.3) is 0 Å². The maximum absolute atomic E-state index is 11.1. The van der Waals surface area contributed by atoms with Crippen LogP contribution in [0.1, 0.15) is 0 Å². The van der Waals surface area contributed by atoms with Crippen LogP contribution >= 0.6 is 0 Å². The molecule has 11 nitrogen and oxygen atoms in total. The number of nitrogens with zero attached hydrogens (tertiary/aromatic N) is 3. The molecule has 0 saturated heterocycles. The van der Waals surface area contributed by atoms with Crippen LogP contribution in [0, 0.1) is 30.3 Å². The monoisotopic (exact) mass is 319 g/mol. The maximum Gasteiger partial charge on any atom is 0.308 e. The van der Waals surface area contributed by atoms with Crippen molar-refractivity contribution in [1.82, 2.24) is 0 Å². The Morgan fingerprint density at radius 1 is 0.739 bits per heavy atom. The van der Waals surface area contributed by atoms with Crippen LogP contribution in [-0.4, -0.2) is 14.8 Å². The molecule has 2 N–H and O–H groups in total. The van der Waals surface area contributed by atoms with E-state index in [4.69, 9.17) is 0 Å². The summed E-state index contributed by atoms with van der Waals surface area (Å²) in [4.78, 5) is 30.1. The Kier molecular flexibility index (Phi) is 4.31. The van der Waals surface area contributed by atoms with Gasteiger partial charge < -0.3 is 5.43 Å². The van der Waals surface area contributed by atoms with Crippen molar-refractivity contribution in [2.45, 2.75) is 0 Å². The van der Waals surface area contributed by atoms with E-state index in [2.05, 4.69) is 10.9 Å². The molecule has 118 valence electrons. The Morgan fingerprint density at radius 2 is 1.26 bits per heavy atom. The molecule has 2 aromatic carbocycles. The first-order valence-corrected chi connectivity index (χ1v) is 6.08. The van der Waals surface area contributed by atoms with Gasteiger partial charge in [0, 0.05) is 0 Å². The van der Waals surface area contributed by atoms with Crippen LogP contribution < -0.4 is 10.9 Å². The number of nitro benzene ring substituents is 3. The summed E-state index contributed by atoms with van der Waals surface area (Å²) in [5.41, 5.74) is 2.65. The lowest BCUT2D eigenvalue weighted by molar-refractivity contribution is -0.401. The summed E-state index contributed by atoms with van der Waals surface area (Å²) in [5.74, 6) is 0. The minimum atomic E-state index is -0.936. The van der Waals surface area contributed by atoms with Gasteiger partial charge in [0.05, 0.1) is 32.6 Å². The summed E-state index contributed by atoms with van der Waals surface area (Å²) in [6, 6.07) is 9.66. The SMILES string of the molecule is O=[N+]([O-])c1cc([N+](=O)[O-])c(NNc2ccccc2)c([N+](=O)[O-])c1. The summed E-state index contributed by atoms with van der Waals surface area (Å²) < 4.78 is 0. The Bertz CT molecular complexity index is 744. The van der Waals surface area contributed by atoms with Crippen LogP contribution in [0.4, 0.5) is 28.4 Å². The second-order valence-corrected chi connectivity index (χ2v) is 4.25. The van der Waals surface area contributed by atoms with Crippen LogP contribution in [0.2, 0.25) is 0 Å². The molecule has 0 aromatic heterocycles. The average Bonchev–Trinajstić information content (AvgIpc) is 2.52. The fraction of sp³-hybridized carbons (Fsp3) is 0. The zero-order valence-electron chi connectivity index (χ0n) is 11.3. The third-order valence-electron chi connectivity index (χ3n) is 2.79. The van der Waals surface area contributed by atoms with Crippen LogP contribution in [0.3, 0.4) is 0 Å². The van der Waals surface area contributed by atoms with Crippen LogP contribution in [0.5, 0.6) is 0 Å². The molecule has 0 saturated carbocycles. The molecular weight excluding hydrogens is 310 g/mol. The minimum Gasteiger partial charge on any atom is -0.301 e. The lowest BCUT2D eigenvalue weighted by Gasteiger charge is -2.10. The molecular formula is C12H9N5O6. The molecule has 11 heteroatoms. The number of hydrogen-bond donors (Lipinski definition) is 2. The molecule has 0 heterocycles. The van der Waals surface area contributed by atoms with E-state index in [-0.39, 0.29) is 0 Å². The van der Waals surface area contributed by atoms with E-state index < -0.39 is 37.5 Å². The van der Waals surface area contributed by atoms with E-state index in [0.29, 0.717) is 17.8 Å².